The lowest BCUT2D eigenvalue weighted by atomic mass is 10.1. The number of benzene rings is 1. The fraction of sp³-hybridized carbons (Fsp3) is 0.267. The maximum atomic E-state index is 13.6. The second kappa shape index (κ2) is 6.75. The van der Waals surface area contributed by atoms with Gasteiger partial charge in [-0.1, -0.05) is 6.92 Å². The van der Waals surface area contributed by atoms with Crippen LogP contribution in [0.5, 0.6) is 0 Å². The smallest absolute Gasteiger partial charge is 0.225 e. The van der Waals surface area contributed by atoms with Gasteiger partial charge in [0.25, 0.3) is 0 Å². The highest BCUT2D eigenvalue weighted by Gasteiger charge is 2.20. The van der Waals surface area contributed by atoms with Gasteiger partial charge < -0.3 is 5.73 Å². The van der Waals surface area contributed by atoms with Crippen molar-refractivity contribution in [2.75, 3.05) is 0 Å². The summed E-state index contributed by atoms with van der Waals surface area (Å²) in [5.74, 6) is -2.06. The molecule has 1 atom stereocenters. The maximum absolute atomic E-state index is 13.6. The van der Waals surface area contributed by atoms with E-state index in [2.05, 4.69) is 20.2 Å². The van der Waals surface area contributed by atoms with Crippen LogP contribution in [0.1, 0.15) is 24.5 Å². The lowest BCUT2D eigenvalue weighted by molar-refractivity contribution is -0.117. The summed E-state index contributed by atoms with van der Waals surface area (Å²) in [6.45, 7) is 2.31. The Kier molecular flexibility index (Phi) is 4.50. The number of rotatable bonds is 6. The topological polar surface area (TPSA) is 105 Å². The molecular weight excluding hydrogens is 332 g/mol. The van der Waals surface area contributed by atoms with Gasteiger partial charge in [0, 0.05) is 12.0 Å². The van der Waals surface area contributed by atoms with Gasteiger partial charge in [0.05, 0.1) is 18.7 Å². The van der Waals surface area contributed by atoms with Crippen molar-refractivity contribution in [2.45, 2.75) is 25.8 Å². The van der Waals surface area contributed by atoms with E-state index >= 15 is 0 Å². The number of carbonyl (C=O) groups is 1. The Bertz CT molecular complexity index is 891. The Morgan fingerprint density at radius 1 is 1.32 bits per heavy atom. The molecule has 2 heterocycles. The van der Waals surface area contributed by atoms with Gasteiger partial charge in [-0.3, -0.25) is 9.48 Å². The van der Waals surface area contributed by atoms with Crippen LogP contribution in [0.25, 0.3) is 5.69 Å². The van der Waals surface area contributed by atoms with E-state index in [1.807, 2.05) is 6.92 Å². The van der Waals surface area contributed by atoms with Crippen LogP contribution in [0.3, 0.4) is 0 Å². The molecule has 0 saturated carbocycles. The van der Waals surface area contributed by atoms with Crippen molar-refractivity contribution in [3.8, 4) is 5.69 Å². The first-order valence-electron chi connectivity index (χ1n) is 7.46. The number of hydrogen-bond acceptors (Lipinski definition) is 5. The van der Waals surface area contributed by atoms with Crippen LogP contribution in [0.4, 0.5) is 8.78 Å². The summed E-state index contributed by atoms with van der Waals surface area (Å²) in [5, 5.41) is 8.24. The molecule has 0 fully saturated rings. The fourth-order valence-electron chi connectivity index (χ4n) is 2.41. The van der Waals surface area contributed by atoms with Crippen molar-refractivity contribution in [1.82, 2.24) is 29.5 Å². The average Bonchev–Trinajstić information content (AvgIpc) is 3.19. The molecule has 3 aromatic rings. The third-order valence-corrected chi connectivity index (χ3v) is 3.52. The van der Waals surface area contributed by atoms with Crippen molar-refractivity contribution in [3.05, 3.63) is 54.1 Å². The molecule has 0 aliphatic heterocycles. The first-order valence-corrected chi connectivity index (χ1v) is 7.46. The predicted molar refractivity (Wildman–Crippen MR) is 82.6 cm³/mol. The summed E-state index contributed by atoms with van der Waals surface area (Å²) in [4.78, 5) is 19.4. The van der Waals surface area contributed by atoms with Crippen LogP contribution in [-0.2, 0) is 17.8 Å². The summed E-state index contributed by atoms with van der Waals surface area (Å²) in [7, 11) is 0. The van der Waals surface area contributed by atoms with Crippen LogP contribution < -0.4 is 5.73 Å². The molecule has 8 nitrogen and oxygen atoms in total. The number of primary amides is 1. The predicted octanol–water partition coefficient (Wildman–Crippen LogP) is 0.968. The summed E-state index contributed by atoms with van der Waals surface area (Å²) in [6.07, 6.45) is 2.81. The Morgan fingerprint density at radius 2 is 2.12 bits per heavy atom. The molecule has 1 unspecified atom stereocenters. The van der Waals surface area contributed by atoms with Gasteiger partial charge in [0.1, 0.15) is 18.5 Å². The first kappa shape index (κ1) is 16.7. The van der Waals surface area contributed by atoms with Gasteiger partial charge in [-0.05, 0) is 12.1 Å². The Balaban J connectivity index is 2.00. The molecule has 3 rings (SSSR count). The minimum Gasteiger partial charge on any atom is -0.369 e. The Hall–Kier alpha value is -3.17. The molecule has 130 valence electrons. The molecule has 0 saturated heterocycles. The standard InChI is InChI=1S/C15H15F2N7O/c1-9(6-23-8-19-7-20-23)15-21-14(5-13(18)25)22-24(15)10-2-3-11(16)12(17)4-10/h2-4,7-9H,5-6H2,1H3,(H2,18,25). The lowest BCUT2D eigenvalue weighted by Crippen LogP contribution is -2.14. The highest BCUT2D eigenvalue weighted by molar-refractivity contribution is 5.75. The van der Waals surface area contributed by atoms with Gasteiger partial charge in [-0.2, -0.15) is 10.2 Å². The maximum Gasteiger partial charge on any atom is 0.225 e. The number of halogens is 2. The SMILES string of the molecule is CC(Cn1cncn1)c1nc(CC(N)=O)nn1-c1ccc(F)c(F)c1. The van der Waals surface area contributed by atoms with Gasteiger partial charge in [0.15, 0.2) is 17.5 Å². The quantitative estimate of drug-likeness (QED) is 0.715. The lowest BCUT2D eigenvalue weighted by Gasteiger charge is -2.12. The summed E-state index contributed by atoms with van der Waals surface area (Å²) in [6, 6.07) is 3.41. The second-order valence-electron chi connectivity index (χ2n) is 5.56. The molecule has 0 aliphatic rings. The number of amides is 1. The molecule has 1 amide bonds. The van der Waals surface area contributed by atoms with E-state index in [9.17, 15) is 13.6 Å². The zero-order chi connectivity index (χ0) is 18.0. The van der Waals surface area contributed by atoms with Crippen LogP contribution in [0.2, 0.25) is 0 Å². The molecule has 1 aromatic carbocycles. The van der Waals surface area contributed by atoms with Crippen molar-refractivity contribution in [3.63, 3.8) is 0 Å². The highest BCUT2D eigenvalue weighted by Crippen LogP contribution is 2.21. The zero-order valence-electron chi connectivity index (χ0n) is 13.3. The van der Waals surface area contributed by atoms with E-state index in [1.165, 1.54) is 17.1 Å². The molecule has 10 heteroatoms. The third kappa shape index (κ3) is 3.67. The van der Waals surface area contributed by atoms with Crippen molar-refractivity contribution >= 4 is 5.91 Å². The van der Waals surface area contributed by atoms with E-state index in [-0.39, 0.29) is 18.2 Å². The van der Waals surface area contributed by atoms with Crippen LogP contribution in [0.15, 0.2) is 30.9 Å². The molecule has 2 aromatic heterocycles. The van der Waals surface area contributed by atoms with E-state index in [0.717, 1.165) is 12.1 Å². The second-order valence-corrected chi connectivity index (χ2v) is 5.56. The third-order valence-electron chi connectivity index (χ3n) is 3.52. The largest absolute Gasteiger partial charge is 0.369 e. The minimum absolute atomic E-state index is 0.153. The first-order chi connectivity index (χ1) is 11.9. The molecule has 2 N–H and O–H groups in total. The molecule has 0 aliphatic carbocycles. The molecular formula is C15H15F2N7O. The van der Waals surface area contributed by atoms with Crippen LogP contribution in [0, 0.1) is 11.6 Å². The highest BCUT2D eigenvalue weighted by atomic mass is 19.2. The van der Waals surface area contributed by atoms with Gasteiger partial charge in [-0.15, -0.1) is 0 Å². The molecule has 0 radical (unpaired) electrons. The van der Waals surface area contributed by atoms with Crippen LogP contribution >= 0.6 is 0 Å². The fourth-order valence-corrected chi connectivity index (χ4v) is 2.41. The number of aromatic nitrogens is 6. The minimum atomic E-state index is -1.00. The van der Waals surface area contributed by atoms with Crippen molar-refractivity contribution < 1.29 is 13.6 Å². The van der Waals surface area contributed by atoms with Gasteiger partial charge >= 0.3 is 0 Å². The van der Waals surface area contributed by atoms with E-state index in [4.69, 9.17) is 5.73 Å². The van der Waals surface area contributed by atoms with Crippen molar-refractivity contribution in [2.24, 2.45) is 5.73 Å². The summed E-state index contributed by atoms with van der Waals surface area (Å²) < 4.78 is 29.8. The number of carbonyl (C=O) groups excluding carboxylic acids is 1. The van der Waals surface area contributed by atoms with Crippen molar-refractivity contribution in [1.29, 1.82) is 0 Å². The van der Waals surface area contributed by atoms with E-state index in [0.29, 0.717) is 18.1 Å². The molecule has 0 spiro atoms. The monoisotopic (exact) mass is 347 g/mol. The number of nitrogens with zero attached hydrogens (tertiary/aromatic N) is 6. The average molecular weight is 347 g/mol. The summed E-state index contributed by atoms with van der Waals surface area (Å²) in [5.41, 5.74) is 5.49. The Morgan fingerprint density at radius 3 is 2.76 bits per heavy atom. The number of hydrogen-bond donors (Lipinski definition) is 1. The van der Waals surface area contributed by atoms with E-state index in [1.54, 1.807) is 11.0 Å². The Labute approximate surface area is 141 Å². The normalized spacial score (nSPS) is 12.3. The zero-order valence-corrected chi connectivity index (χ0v) is 13.3. The van der Waals surface area contributed by atoms with Crippen LogP contribution in [-0.4, -0.2) is 35.4 Å². The van der Waals surface area contributed by atoms with Gasteiger partial charge in [-0.25, -0.2) is 23.4 Å². The molecule has 25 heavy (non-hydrogen) atoms. The van der Waals surface area contributed by atoms with Gasteiger partial charge in [0.2, 0.25) is 5.91 Å². The summed E-state index contributed by atoms with van der Waals surface area (Å²) >= 11 is 0. The van der Waals surface area contributed by atoms with E-state index < -0.39 is 17.5 Å². The number of nitrogens with two attached hydrogens (primary N) is 1. The molecule has 0 bridgehead atoms.